The van der Waals surface area contributed by atoms with Crippen LogP contribution in [0.4, 0.5) is 0 Å². The summed E-state index contributed by atoms with van der Waals surface area (Å²) in [7, 11) is 1.86. The Hall–Kier alpha value is -2.25. The summed E-state index contributed by atoms with van der Waals surface area (Å²) in [5.74, 6) is 0.536. The zero-order valence-electron chi connectivity index (χ0n) is 16.8. The molecule has 0 fully saturated rings. The number of rotatable bonds is 5. The van der Waals surface area contributed by atoms with Gasteiger partial charge in [-0.1, -0.05) is 26.0 Å². The number of aryl methyl sites for hydroxylation is 1. The van der Waals surface area contributed by atoms with Gasteiger partial charge in [0.1, 0.15) is 9.84 Å². The number of thiophene rings is 1. The van der Waals surface area contributed by atoms with Gasteiger partial charge < -0.3 is 4.90 Å². The molecule has 4 rings (SSSR count). The summed E-state index contributed by atoms with van der Waals surface area (Å²) in [6.45, 7) is 9.25. The van der Waals surface area contributed by atoms with Gasteiger partial charge in [-0.25, -0.2) is 4.98 Å². The van der Waals surface area contributed by atoms with Gasteiger partial charge in [0.25, 0.3) is 5.91 Å². The number of aromatic nitrogens is 3. The van der Waals surface area contributed by atoms with Crippen LogP contribution in [0.1, 0.15) is 47.2 Å². The van der Waals surface area contributed by atoms with Gasteiger partial charge in [0.2, 0.25) is 0 Å². The predicted octanol–water partition coefficient (Wildman–Crippen LogP) is 5.51. The van der Waals surface area contributed by atoms with E-state index in [1.165, 1.54) is 11.3 Å². The molecule has 0 unspecified atom stereocenters. The van der Waals surface area contributed by atoms with Crippen molar-refractivity contribution < 1.29 is 4.79 Å². The zero-order chi connectivity index (χ0) is 20.0. The first-order valence-electron chi connectivity index (χ1n) is 9.44. The standard InChI is InChI=1S/C21H24N4OS2/c1-12(2)11-25-21-15(13(3)23-25)10-18(28-21)20(26)24(5)14(4)19-22-16-8-6-7-9-17(16)27-19/h6-10,12,14H,11H2,1-5H3/t14-/m0/s1. The number of fused-ring (bicyclic) bond motifs is 2. The molecule has 0 aliphatic heterocycles. The number of para-hydroxylation sites is 1. The largest absolute Gasteiger partial charge is 0.332 e. The number of benzene rings is 1. The third-order valence-electron chi connectivity index (χ3n) is 4.93. The van der Waals surface area contributed by atoms with Crippen LogP contribution in [0.25, 0.3) is 20.4 Å². The van der Waals surface area contributed by atoms with Gasteiger partial charge in [0.05, 0.1) is 26.8 Å². The van der Waals surface area contributed by atoms with Crippen molar-refractivity contribution >= 4 is 49.0 Å². The van der Waals surface area contributed by atoms with Crippen molar-refractivity contribution in [3.63, 3.8) is 0 Å². The highest BCUT2D eigenvalue weighted by atomic mass is 32.1. The molecule has 3 aromatic heterocycles. The second-order valence-electron chi connectivity index (χ2n) is 7.60. The van der Waals surface area contributed by atoms with E-state index in [-0.39, 0.29) is 11.9 Å². The molecule has 4 aromatic rings. The minimum Gasteiger partial charge on any atom is -0.332 e. The van der Waals surface area contributed by atoms with Crippen molar-refractivity contribution in [2.75, 3.05) is 7.05 Å². The number of hydrogen-bond acceptors (Lipinski definition) is 5. The van der Waals surface area contributed by atoms with Crippen molar-refractivity contribution in [3.05, 3.63) is 45.9 Å². The molecule has 3 heterocycles. The molecule has 0 bridgehead atoms. The Morgan fingerprint density at radius 2 is 1.96 bits per heavy atom. The van der Waals surface area contributed by atoms with Gasteiger partial charge in [0.15, 0.2) is 0 Å². The Morgan fingerprint density at radius 3 is 2.68 bits per heavy atom. The molecule has 7 heteroatoms. The van der Waals surface area contributed by atoms with E-state index in [1.54, 1.807) is 16.2 Å². The van der Waals surface area contributed by atoms with Gasteiger partial charge in [-0.3, -0.25) is 9.48 Å². The van der Waals surface area contributed by atoms with E-state index in [2.05, 4.69) is 25.0 Å². The van der Waals surface area contributed by atoms with Gasteiger partial charge in [-0.15, -0.1) is 22.7 Å². The van der Waals surface area contributed by atoms with Crippen LogP contribution in [-0.2, 0) is 6.54 Å². The van der Waals surface area contributed by atoms with E-state index in [0.717, 1.165) is 42.6 Å². The van der Waals surface area contributed by atoms with Crippen LogP contribution in [-0.4, -0.2) is 32.6 Å². The molecule has 1 aromatic carbocycles. The molecular weight excluding hydrogens is 388 g/mol. The van der Waals surface area contributed by atoms with Crippen LogP contribution in [0.2, 0.25) is 0 Å². The van der Waals surface area contributed by atoms with E-state index in [1.807, 2.05) is 49.8 Å². The van der Waals surface area contributed by atoms with Gasteiger partial charge in [0, 0.05) is 19.0 Å². The van der Waals surface area contributed by atoms with Crippen LogP contribution >= 0.6 is 22.7 Å². The third kappa shape index (κ3) is 3.33. The van der Waals surface area contributed by atoms with E-state index in [0.29, 0.717) is 5.92 Å². The molecule has 0 N–H and O–H groups in total. The van der Waals surface area contributed by atoms with Crippen LogP contribution in [0.15, 0.2) is 30.3 Å². The monoisotopic (exact) mass is 412 g/mol. The summed E-state index contributed by atoms with van der Waals surface area (Å²) in [6.07, 6.45) is 0. The smallest absolute Gasteiger partial charge is 0.264 e. The van der Waals surface area contributed by atoms with Crippen LogP contribution < -0.4 is 0 Å². The lowest BCUT2D eigenvalue weighted by Crippen LogP contribution is -2.29. The number of thiazole rings is 1. The second-order valence-corrected chi connectivity index (χ2v) is 9.70. The molecule has 146 valence electrons. The van der Waals surface area contributed by atoms with E-state index in [4.69, 9.17) is 4.98 Å². The highest BCUT2D eigenvalue weighted by molar-refractivity contribution is 7.20. The topological polar surface area (TPSA) is 51.0 Å². The fourth-order valence-corrected chi connectivity index (χ4v) is 5.49. The summed E-state index contributed by atoms with van der Waals surface area (Å²) in [6, 6.07) is 10.0. The first-order valence-corrected chi connectivity index (χ1v) is 11.1. The lowest BCUT2D eigenvalue weighted by molar-refractivity contribution is 0.0747. The first kappa shape index (κ1) is 19.1. The summed E-state index contributed by atoms with van der Waals surface area (Å²) < 4.78 is 3.18. The van der Waals surface area contributed by atoms with E-state index in [9.17, 15) is 4.79 Å². The SMILES string of the molecule is Cc1nn(CC(C)C)c2sc(C(=O)N(C)[C@@H](C)c3nc4ccccc4s3)cc12. The molecule has 1 atom stereocenters. The first-order chi connectivity index (χ1) is 13.3. The minimum absolute atomic E-state index is 0.0310. The fourth-order valence-electron chi connectivity index (χ4n) is 3.27. The van der Waals surface area contributed by atoms with Gasteiger partial charge >= 0.3 is 0 Å². The summed E-state index contributed by atoms with van der Waals surface area (Å²) in [5.41, 5.74) is 1.97. The Balaban J connectivity index is 1.62. The Bertz CT molecular complexity index is 1120. The quantitative estimate of drug-likeness (QED) is 0.434. The molecule has 5 nitrogen and oxygen atoms in total. The normalized spacial score (nSPS) is 12.9. The molecule has 0 saturated heterocycles. The van der Waals surface area contributed by atoms with Crippen molar-refractivity contribution in [2.45, 2.75) is 40.3 Å². The highest BCUT2D eigenvalue weighted by Gasteiger charge is 2.24. The molecular formula is C21H24N4OS2. The van der Waals surface area contributed by atoms with E-state index >= 15 is 0 Å². The number of amides is 1. The Labute approximate surface area is 172 Å². The number of hydrogen-bond donors (Lipinski definition) is 0. The van der Waals surface area contributed by atoms with Crippen molar-refractivity contribution in [1.29, 1.82) is 0 Å². The van der Waals surface area contributed by atoms with Crippen LogP contribution in [0.5, 0.6) is 0 Å². The zero-order valence-corrected chi connectivity index (χ0v) is 18.4. The lowest BCUT2D eigenvalue weighted by atomic mass is 10.2. The molecule has 28 heavy (non-hydrogen) atoms. The average molecular weight is 413 g/mol. The number of carbonyl (C=O) groups excluding carboxylic acids is 1. The lowest BCUT2D eigenvalue weighted by Gasteiger charge is -2.22. The highest BCUT2D eigenvalue weighted by Crippen LogP contribution is 2.33. The molecule has 0 aliphatic rings. The summed E-state index contributed by atoms with van der Waals surface area (Å²) >= 11 is 3.18. The summed E-state index contributed by atoms with van der Waals surface area (Å²) in [4.78, 5) is 21.5. The molecule has 1 amide bonds. The maximum atomic E-state index is 13.2. The van der Waals surface area contributed by atoms with Gasteiger partial charge in [-0.05, 0) is 38.0 Å². The maximum absolute atomic E-state index is 13.2. The fraction of sp³-hybridized carbons (Fsp3) is 0.381. The van der Waals surface area contributed by atoms with Crippen molar-refractivity contribution in [2.24, 2.45) is 5.92 Å². The Morgan fingerprint density at radius 1 is 1.21 bits per heavy atom. The molecule has 0 aliphatic carbocycles. The molecule has 0 radical (unpaired) electrons. The van der Waals surface area contributed by atoms with Crippen molar-refractivity contribution in [3.8, 4) is 0 Å². The van der Waals surface area contributed by atoms with Crippen LogP contribution in [0, 0.1) is 12.8 Å². The second kappa shape index (κ2) is 7.29. The maximum Gasteiger partial charge on any atom is 0.264 e. The average Bonchev–Trinajstić information content (AvgIpc) is 3.35. The van der Waals surface area contributed by atoms with Crippen molar-refractivity contribution in [1.82, 2.24) is 19.7 Å². The predicted molar refractivity (Wildman–Crippen MR) is 117 cm³/mol. The van der Waals surface area contributed by atoms with Crippen LogP contribution in [0.3, 0.4) is 0 Å². The van der Waals surface area contributed by atoms with Gasteiger partial charge in [-0.2, -0.15) is 5.10 Å². The third-order valence-corrected chi connectivity index (χ3v) is 7.27. The Kier molecular flexibility index (Phi) is 4.97. The molecule has 0 saturated carbocycles. The minimum atomic E-state index is -0.0802. The summed E-state index contributed by atoms with van der Waals surface area (Å²) in [5, 5.41) is 6.67. The van der Waals surface area contributed by atoms with E-state index < -0.39 is 0 Å². The molecule has 0 spiro atoms. The number of carbonyl (C=O) groups is 1. The number of nitrogens with zero attached hydrogens (tertiary/aromatic N) is 4.